The van der Waals surface area contributed by atoms with Gasteiger partial charge in [-0.05, 0) is 49.0 Å². The van der Waals surface area contributed by atoms with Gasteiger partial charge < -0.3 is 10.1 Å². The van der Waals surface area contributed by atoms with Gasteiger partial charge in [0.1, 0.15) is 0 Å². The van der Waals surface area contributed by atoms with Crippen molar-refractivity contribution in [3.63, 3.8) is 0 Å². The third-order valence-corrected chi connectivity index (χ3v) is 3.67. The summed E-state index contributed by atoms with van der Waals surface area (Å²) in [6, 6.07) is 7.06. The summed E-state index contributed by atoms with van der Waals surface area (Å²) in [5, 5.41) is 2.69. The van der Waals surface area contributed by atoms with Gasteiger partial charge in [0.2, 0.25) is 5.91 Å². The van der Waals surface area contributed by atoms with Crippen molar-refractivity contribution in [2.24, 2.45) is 5.92 Å². The van der Waals surface area contributed by atoms with Crippen LogP contribution in [0, 0.1) is 5.92 Å². The minimum Gasteiger partial charge on any atom is -0.462 e. The Bertz CT molecular complexity index is 560. The van der Waals surface area contributed by atoms with Crippen molar-refractivity contribution < 1.29 is 14.3 Å². The highest BCUT2D eigenvalue weighted by Gasteiger charge is 2.14. The Labute approximate surface area is 130 Å². The fourth-order valence-corrected chi connectivity index (χ4v) is 2.30. The van der Waals surface area contributed by atoms with Crippen LogP contribution >= 0.6 is 0 Å². The minimum absolute atomic E-state index is 0.218. The first-order valence-corrected chi connectivity index (χ1v) is 7.50. The van der Waals surface area contributed by atoms with E-state index < -0.39 is 0 Å². The molecule has 1 aliphatic carbocycles. The van der Waals surface area contributed by atoms with Gasteiger partial charge >= 0.3 is 5.97 Å². The number of rotatable bonds is 6. The molecule has 1 atom stereocenters. The van der Waals surface area contributed by atoms with Crippen LogP contribution in [0.3, 0.4) is 0 Å². The molecule has 1 aliphatic rings. The predicted octanol–water partition coefficient (Wildman–Crippen LogP) is 3.00. The molecular weight excluding hydrogens is 278 g/mol. The van der Waals surface area contributed by atoms with Crippen LogP contribution < -0.4 is 5.32 Å². The molecule has 0 aliphatic heterocycles. The lowest BCUT2D eigenvalue weighted by atomic mass is 9.95. The molecule has 2 rings (SSSR count). The highest BCUT2D eigenvalue weighted by molar-refractivity contribution is 5.89. The quantitative estimate of drug-likeness (QED) is 0.499. The molecule has 1 N–H and O–H groups in total. The maximum atomic E-state index is 12.0. The number of carbonyl (C=O) groups is 2. The Kier molecular flexibility index (Phi) is 5.95. The van der Waals surface area contributed by atoms with Crippen molar-refractivity contribution in [3.05, 3.63) is 60.2 Å². The van der Waals surface area contributed by atoms with Crippen molar-refractivity contribution in [1.29, 1.82) is 0 Å². The summed E-state index contributed by atoms with van der Waals surface area (Å²) in [6.07, 6.45) is 8.66. The van der Waals surface area contributed by atoms with Gasteiger partial charge in [-0.25, -0.2) is 4.79 Å². The van der Waals surface area contributed by atoms with Gasteiger partial charge in [-0.3, -0.25) is 4.79 Å². The average molecular weight is 299 g/mol. The minimum atomic E-state index is -0.295. The fraction of sp³-hybridized carbons (Fsp3) is 0.333. The second kappa shape index (κ2) is 8.17. The van der Waals surface area contributed by atoms with E-state index in [1.807, 2.05) is 12.1 Å². The molecule has 0 aromatic heterocycles. The fourth-order valence-electron chi connectivity index (χ4n) is 2.30. The summed E-state index contributed by atoms with van der Waals surface area (Å²) in [6.45, 7) is 4.28. The van der Waals surface area contributed by atoms with Crippen LogP contribution in [0.15, 0.2) is 49.1 Å². The normalized spacial score (nSPS) is 16.8. The van der Waals surface area contributed by atoms with Crippen molar-refractivity contribution >= 4 is 11.9 Å². The molecule has 0 radical (unpaired) electrons. The van der Waals surface area contributed by atoms with E-state index in [2.05, 4.69) is 24.0 Å². The maximum Gasteiger partial charge on any atom is 0.338 e. The van der Waals surface area contributed by atoms with Gasteiger partial charge in [0.05, 0.1) is 12.2 Å². The van der Waals surface area contributed by atoms with Crippen LogP contribution in [0.5, 0.6) is 0 Å². The monoisotopic (exact) mass is 299 g/mol. The first kappa shape index (κ1) is 16.0. The molecular formula is C18H21NO3. The molecule has 1 unspecified atom stereocenters. The molecule has 116 valence electrons. The first-order valence-electron chi connectivity index (χ1n) is 7.50. The molecule has 0 bridgehead atoms. The van der Waals surface area contributed by atoms with Crippen LogP contribution in [0.1, 0.15) is 35.2 Å². The second-order valence-electron chi connectivity index (χ2n) is 5.37. The van der Waals surface area contributed by atoms with Crippen LogP contribution in [0.2, 0.25) is 0 Å². The zero-order valence-electron chi connectivity index (χ0n) is 12.6. The molecule has 0 heterocycles. The number of esters is 1. The van der Waals surface area contributed by atoms with E-state index in [0.717, 1.165) is 24.8 Å². The summed E-state index contributed by atoms with van der Waals surface area (Å²) >= 11 is 0. The third kappa shape index (κ3) is 4.88. The Morgan fingerprint density at radius 1 is 1.27 bits per heavy atom. The molecule has 0 fully saturated rings. The third-order valence-electron chi connectivity index (χ3n) is 3.67. The lowest BCUT2D eigenvalue weighted by Crippen LogP contribution is -2.20. The van der Waals surface area contributed by atoms with Gasteiger partial charge in [-0.15, -0.1) is 0 Å². The Morgan fingerprint density at radius 2 is 2.05 bits per heavy atom. The molecule has 1 aromatic carbocycles. The summed E-state index contributed by atoms with van der Waals surface area (Å²) in [4.78, 5) is 23.1. The van der Waals surface area contributed by atoms with E-state index in [-0.39, 0.29) is 11.9 Å². The van der Waals surface area contributed by atoms with E-state index in [4.69, 9.17) is 4.74 Å². The number of benzene rings is 1. The molecule has 4 heteroatoms. The van der Waals surface area contributed by atoms with E-state index in [1.165, 1.54) is 6.08 Å². The van der Waals surface area contributed by atoms with E-state index in [0.29, 0.717) is 24.6 Å². The summed E-state index contributed by atoms with van der Waals surface area (Å²) in [5.41, 5.74) is 1.45. The van der Waals surface area contributed by atoms with Crippen molar-refractivity contribution in [3.8, 4) is 0 Å². The molecule has 0 saturated heterocycles. The lowest BCUT2D eigenvalue weighted by molar-refractivity contribution is -0.116. The Balaban J connectivity index is 1.81. The highest BCUT2D eigenvalue weighted by atomic mass is 16.5. The second-order valence-corrected chi connectivity index (χ2v) is 5.37. The van der Waals surface area contributed by atoms with Crippen molar-refractivity contribution in [1.82, 2.24) is 5.32 Å². The molecule has 22 heavy (non-hydrogen) atoms. The Morgan fingerprint density at radius 3 is 2.68 bits per heavy atom. The SMILES string of the molecule is C=CC(=O)NCc1ccc(C(=O)OCC2CC=CCC2)cc1. The number of carbonyl (C=O) groups excluding carboxylic acids is 2. The van der Waals surface area contributed by atoms with Crippen molar-refractivity contribution in [2.45, 2.75) is 25.8 Å². The van der Waals surface area contributed by atoms with Crippen molar-refractivity contribution in [2.75, 3.05) is 6.61 Å². The number of ether oxygens (including phenoxy) is 1. The molecule has 1 aromatic rings. The van der Waals surface area contributed by atoms with Gasteiger partial charge in [-0.2, -0.15) is 0 Å². The lowest BCUT2D eigenvalue weighted by Gasteiger charge is -2.17. The number of hydrogen-bond donors (Lipinski definition) is 1. The molecule has 4 nitrogen and oxygen atoms in total. The predicted molar refractivity (Wildman–Crippen MR) is 85.2 cm³/mol. The highest BCUT2D eigenvalue weighted by Crippen LogP contribution is 2.18. The van der Waals surface area contributed by atoms with E-state index in [1.54, 1.807) is 12.1 Å². The summed E-state index contributed by atoms with van der Waals surface area (Å²) in [5.74, 6) is -0.0800. The van der Waals surface area contributed by atoms with Gasteiger partial charge in [-0.1, -0.05) is 30.9 Å². The van der Waals surface area contributed by atoms with Gasteiger partial charge in [0.25, 0.3) is 0 Å². The Hall–Kier alpha value is -2.36. The largest absolute Gasteiger partial charge is 0.462 e. The smallest absolute Gasteiger partial charge is 0.338 e. The number of nitrogens with one attached hydrogen (secondary N) is 1. The maximum absolute atomic E-state index is 12.0. The summed E-state index contributed by atoms with van der Waals surface area (Å²) in [7, 11) is 0. The molecule has 1 amide bonds. The molecule has 0 spiro atoms. The van der Waals surface area contributed by atoms with Crippen LogP contribution in [0.25, 0.3) is 0 Å². The zero-order valence-corrected chi connectivity index (χ0v) is 12.6. The van der Waals surface area contributed by atoms with Gasteiger partial charge in [0.15, 0.2) is 0 Å². The van der Waals surface area contributed by atoms with E-state index in [9.17, 15) is 9.59 Å². The number of hydrogen-bond acceptors (Lipinski definition) is 3. The molecule has 0 saturated carbocycles. The number of amides is 1. The van der Waals surface area contributed by atoms with Gasteiger partial charge in [0, 0.05) is 6.54 Å². The number of allylic oxidation sites excluding steroid dienone is 2. The average Bonchev–Trinajstić information content (AvgIpc) is 2.59. The van der Waals surface area contributed by atoms with Crippen LogP contribution in [-0.4, -0.2) is 18.5 Å². The summed E-state index contributed by atoms with van der Waals surface area (Å²) < 4.78 is 5.37. The topological polar surface area (TPSA) is 55.4 Å². The van der Waals surface area contributed by atoms with Crippen LogP contribution in [-0.2, 0) is 16.1 Å². The standard InChI is InChI=1S/C18H21NO3/c1-2-17(20)19-12-14-8-10-16(11-9-14)18(21)22-13-15-6-4-3-5-7-15/h2-4,8-11,15H,1,5-7,12-13H2,(H,19,20). The van der Waals surface area contributed by atoms with E-state index >= 15 is 0 Å². The first-order chi connectivity index (χ1) is 10.7. The zero-order chi connectivity index (χ0) is 15.8. The van der Waals surface area contributed by atoms with Crippen LogP contribution in [0.4, 0.5) is 0 Å².